The summed E-state index contributed by atoms with van der Waals surface area (Å²) < 4.78 is 16.7. The first-order chi connectivity index (χ1) is 17.6. The third kappa shape index (κ3) is 5.28. The van der Waals surface area contributed by atoms with Gasteiger partial charge in [-0.15, -0.1) is 0 Å². The van der Waals surface area contributed by atoms with Crippen molar-refractivity contribution in [3.63, 3.8) is 0 Å². The van der Waals surface area contributed by atoms with Crippen molar-refractivity contribution in [2.45, 2.75) is 18.5 Å². The molecule has 3 aromatic rings. The maximum atomic E-state index is 11.8. The molecule has 0 amide bonds. The number of hydrogen-bond donors (Lipinski definition) is 1. The molecule has 0 saturated carbocycles. The van der Waals surface area contributed by atoms with E-state index in [4.69, 9.17) is 26.1 Å². The second-order valence-electron chi connectivity index (χ2n) is 8.90. The molecule has 2 fully saturated rings. The Morgan fingerprint density at radius 1 is 1.11 bits per heavy atom. The lowest BCUT2D eigenvalue weighted by molar-refractivity contribution is 0.0365. The van der Waals surface area contributed by atoms with E-state index < -0.39 is 0 Å². The Bertz CT molecular complexity index is 1180. The van der Waals surface area contributed by atoms with Gasteiger partial charge in [0, 0.05) is 37.9 Å². The molecule has 0 spiro atoms. The van der Waals surface area contributed by atoms with Crippen LogP contribution in [0.1, 0.15) is 40.3 Å². The molecule has 2 aliphatic rings. The molecule has 2 aliphatic heterocycles. The average molecular weight is 507 g/mol. The summed E-state index contributed by atoms with van der Waals surface area (Å²) in [5.41, 5.74) is 2.30. The zero-order chi connectivity index (χ0) is 24.9. The van der Waals surface area contributed by atoms with Crippen LogP contribution in [0.4, 0.5) is 0 Å². The third-order valence-electron chi connectivity index (χ3n) is 6.68. The molecular formula is C27H30N4O4S. The Labute approximate surface area is 216 Å². The summed E-state index contributed by atoms with van der Waals surface area (Å²) >= 11 is 5.78. The van der Waals surface area contributed by atoms with Crippen LogP contribution in [0.5, 0.6) is 0 Å². The number of furan rings is 1. The first-order valence-electron chi connectivity index (χ1n) is 12.2. The molecule has 2 aromatic heterocycles. The number of carbonyl (C=O) groups is 1. The van der Waals surface area contributed by atoms with Crippen LogP contribution in [-0.4, -0.2) is 72.4 Å². The fraction of sp³-hybridized carbons (Fsp3) is 0.370. The van der Waals surface area contributed by atoms with E-state index in [1.165, 1.54) is 7.11 Å². The minimum Gasteiger partial charge on any atom is -0.465 e. The Morgan fingerprint density at radius 3 is 2.64 bits per heavy atom. The highest BCUT2D eigenvalue weighted by Gasteiger charge is 2.41. The van der Waals surface area contributed by atoms with Crippen molar-refractivity contribution >= 4 is 23.3 Å². The smallest absolute Gasteiger partial charge is 0.337 e. The topological polar surface area (TPSA) is 80.1 Å². The van der Waals surface area contributed by atoms with E-state index in [1.54, 1.807) is 18.3 Å². The second-order valence-corrected chi connectivity index (χ2v) is 9.29. The SMILES string of the molecule is COC(=O)c1ccc(-c2ccc([C@@H]3[C@H](c4ccccn4)NC(=S)N3CCCN3CCOCC3)o2)cc1. The fourth-order valence-corrected chi connectivity index (χ4v) is 5.13. The van der Waals surface area contributed by atoms with Gasteiger partial charge in [0.15, 0.2) is 5.11 Å². The molecule has 2 atom stereocenters. The molecule has 0 aliphatic carbocycles. The number of morpholine rings is 1. The Balaban J connectivity index is 1.38. The highest BCUT2D eigenvalue weighted by atomic mass is 32.1. The molecular weight excluding hydrogens is 476 g/mol. The number of rotatable bonds is 8. The summed E-state index contributed by atoms with van der Waals surface area (Å²) in [5, 5.41) is 4.19. The first kappa shape index (κ1) is 24.4. The molecule has 5 rings (SSSR count). The number of hydrogen-bond acceptors (Lipinski definition) is 7. The van der Waals surface area contributed by atoms with Crippen molar-refractivity contribution in [3.8, 4) is 11.3 Å². The molecule has 9 heteroatoms. The average Bonchev–Trinajstić information content (AvgIpc) is 3.54. The number of ether oxygens (including phenoxy) is 2. The summed E-state index contributed by atoms with van der Waals surface area (Å²) in [4.78, 5) is 21.0. The number of benzene rings is 1. The minimum absolute atomic E-state index is 0.122. The highest BCUT2D eigenvalue weighted by Crippen LogP contribution is 2.40. The van der Waals surface area contributed by atoms with Crippen molar-refractivity contribution in [2.75, 3.05) is 46.5 Å². The van der Waals surface area contributed by atoms with Gasteiger partial charge < -0.3 is 24.1 Å². The van der Waals surface area contributed by atoms with Gasteiger partial charge in [-0.2, -0.15) is 0 Å². The van der Waals surface area contributed by atoms with Crippen LogP contribution in [0.25, 0.3) is 11.3 Å². The number of methoxy groups -OCH3 is 1. The predicted octanol–water partition coefficient (Wildman–Crippen LogP) is 3.82. The first-order valence-corrected chi connectivity index (χ1v) is 12.6. The summed E-state index contributed by atoms with van der Waals surface area (Å²) in [7, 11) is 1.37. The highest BCUT2D eigenvalue weighted by molar-refractivity contribution is 7.80. The predicted molar refractivity (Wildman–Crippen MR) is 140 cm³/mol. The molecule has 4 heterocycles. The van der Waals surface area contributed by atoms with Gasteiger partial charge in [0.05, 0.1) is 37.6 Å². The molecule has 2 saturated heterocycles. The van der Waals surface area contributed by atoms with Crippen molar-refractivity contribution in [2.24, 2.45) is 0 Å². The molecule has 1 aromatic carbocycles. The van der Waals surface area contributed by atoms with E-state index in [9.17, 15) is 4.79 Å². The van der Waals surface area contributed by atoms with Gasteiger partial charge in [0.1, 0.15) is 17.6 Å². The number of aromatic nitrogens is 1. The molecule has 8 nitrogen and oxygen atoms in total. The monoisotopic (exact) mass is 506 g/mol. The van der Waals surface area contributed by atoms with Crippen LogP contribution in [0.2, 0.25) is 0 Å². The van der Waals surface area contributed by atoms with E-state index in [0.717, 1.165) is 68.6 Å². The Kier molecular flexibility index (Phi) is 7.60. The normalized spacial score (nSPS) is 20.4. The number of pyridine rings is 1. The van der Waals surface area contributed by atoms with Crippen molar-refractivity contribution in [1.29, 1.82) is 0 Å². The van der Waals surface area contributed by atoms with Crippen LogP contribution in [0, 0.1) is 0 Å². The summed E-state index contributed by atoms with van der Waals surface area (Å²) in [5.74, 6) is 1.18. The van der Waals surface area contributed by atoms with E-state index in [-0.39, 0.29) is 18.1 Å². The van der Waals surface area contributed by atoms with Gasteiger partial charge in [0.25, 0.3) is 0 Å². The van der Waals surface area contributed by atoms with Crippen LogP contribution >= 0.6 is 12.2 Å². The lowest BCUT2D eigenvalue weighted by Crippen LogP contribution is -2.38. The standard InChI is InChI=1S/C27H30N4O4S/c1-33-26(32)20-8-6-19(7-9-20)22-10-11-23(35-22)25-24(21-5-2-3-12-28-21)29-27(36)31(25)14-4-13-30-15-17-34-18-16-30/h2-3,5-12,24-25H,4,13-18H2,1H3,(H,29,36)/t24-,25+/m0/s1. The van der Waals surface area contributed by atoms with Crippen molar-refractivity contribution in [1.82, 2.24) is 20.1 Å². The van der Waals surface area contributed by atoms with Crippen LogP contribution < -0.4 is 5.32 Å². The summed E-state index contributed by atoms with van der Waals surface area (Å²) in [6.07, 6.45) is 2.78. The zero-order valence-electron chi connectivity index (χ0n) is 20.3. The zero-order valence-corrected chi connectivity index (χ0v) is 21.1. The summed E-state index contributed by atoms with van der Waals surface area (Å²) in [6, 6.07) is 16.8. The second kappa shape index (κ2) is 11.2. The van der Waals surface area contributed by atoms with Crippen molar-refractivity contribution < 1.29 is 18.7 Å². The van der Waals surface area contributed by atoms with Crippen LogP contribution in [0.15, 0.2) is 65.2 Å². The Morgan fingerprint density at radius 2 is 1.92 bits per heavy atom. The van der Waals surface area contributed by atoms with Gasteiger partial charge in [-0.25, -0.2) is 4.79 Å². The number of esters is 1. The van der Waals surface area contributed by atoms with Gasteiger partial charge in [0.2, 0.25) is 0 Å². The number of nitrogens with zero attached hydrogens (tertiary/aromatic N) is 3. The van der Waals surface area contributed by atoms with Crippen LogP contribution in [0.3, 0.4) is 0 Å². The van der Waals surface area contributed by atoms with Gasteiger partial charge >= 0.3 is 5.97 Å². The summed E-state index contributed by atoms with van der Waals surface area (Å²) in [6.45, 7) is 5.34. The molecule has 0 radical (unpaired) electrons. The molecule has 0 unspecified atom stereocenters. The van der Waals surface area contributed by atoms with E-state index in [0.29, 0.717) is 10.7 Å². The fourth-order valence-electron chi connectivity index (χ4n) is 4.80. The lowest BCUT2D eigenvalue weighted by Gasteiger charge is -2.29. The maximum Gasteiger partial charge on any atom is 0.337 e. The lowest BCUT2D eigenvalue weighted by atomic mass is 10.0. The van der Waals surface area contributed by atoms with E-state index >= 15 is 0 Å². The minimum atomic E-state index is -0.363. The van der Waals surface area contributed by atoms with Gasteiger partial charge in [-0.1, -0.05) is 18.2 Å². The van der Waals surface area contributed by atoms with Crippen molar-refractivity contribution in [3.05, 3.63) is 77.8 Å². The molecule has 0 bridgehead atoms. The largest absolute Gasteiger partial charge is 0.465 e. The van der Waals surface area contributed by atoms with E-state index in [2.05, 4.69) is 20.1 Å². The Hall–Kier alpha value is -3.27. The molecule has 36 heavy (non-hydrogen) atoms. The number of carbonyl (C=O) groups excluding carboxylic acids is 1. The van der Waals surface area contributed by atoms with Gasteiger partial charge in [-0.3, -0.25) is 9.88 Å². The molecule has 1 N–H and O–H groups in total. The maximum absolute atomic E-state index is 11.8. The molecule has 188 valence electrons. The van der Waals surface area contributed by atoms with Gasteiger partial charge in [-0.05, 0) is 55.0 Å². The number of nitrogens with one attached hydrogen (secondary N) is 1. The van der Waals surface area contributed by atoms with E-state index in [1.807, 2.05) is 42.5 Å². The third-order valence-corrected chi connectivity index (χ3v) is 7.04. The van der Waals surface area contributed by atoms with Crippen LogP contribution in [-0.2, 0) is 9.47 Å². The quantitative estimate of drug-likeness (QED) is 0.362. The number of thiocarbonyl (C=S) groups is 1.